The van der Waals surface area contributed by atoms with E-state index in [1.165, 1.54) is 0 Å². The molecule has 0 radical (unpaired) electrons. The Morgan fingerprint density at radius 1 is 0.947 bits per heavy atom. The molecule has 1 saturated carbocycles. The van der Waals surface area contributed by atoms with E-state index in [2.05, 4.69) is 10.2 Å². The van der Waals surface area contributed by atoms with Crippen LogP contribution in [0.5, 0.6) is 0 Å². The lowest BCUT2D eigenvalue weighted by molar-refractivity contribution is -0.135. The molecule has 1 aliphatic heterocycles. The third kappa shape index (κ3) is 7.15. The van der Waals surface area contributed by atoms with Crippen LogP contribution in [-0.4, -0.2) is 60.7 Å². The zero-order chi connectivity index (χ0) is 27.1. The van der Waals surface area contributed by atoms with Crippen LogP contribution in [0, 0.1) is 11.8 Å². The molecular formula is C31H42N4O3. The third-order valence-corrected chi connectivity index (χ3v) is 7.57. The highest BCUT2D eigenvalue weighted by Crippen LogP contribution is 2.30. The predicted octanol–water partition coefficient (Wildman–Crippen LogP) is 5.17. The number of carbonyl (C=O) groups is 3. The predicted molar refractivity (Wildman–Crippen MR) is 152 cm³/mol. The molecule has 0 unspecified atom stereocenters. The number of nitrogens with zero attached hydrogens (tertiary/aromatic N) is 3. The lowest BCUT2D eigenvalue weighted by Crippen LogP contribution is -2.38. The van der Waals surface area contributed by atoms with E-state index in [1.54, 1.807) is 4.90 Å². The second kappa shape index (κ2) is 12.9. The fraction of sp³-hybridized carbons (Fsp3) is 0.516. The molecule has 2 aromatic rings. The van der Waals surface area contributed by atoms with E-state index >= 15 is 0 Å². The minimum atomic E-state index is -0.0908. The van der Waals surface area contributed by atoms with Crippen molar-refractivity contribution < 1.29 is 14.4 Å². The van der Waals surface area contributed by atoms with Crippen LogP contribution in [0.2, 0.25) is 0 Å². The van der Waals surface area contributed by atoms with E-state index in [4.69, 9.17) is 0 Å². The average Bonchev–Trinajstić information content (AvgIpc) is 3.33. The van der Waals surface area contributed by atoms with Crippen LogP contribution in [-0.2, 0) is 16.1 Å². The van der Waals surface area contributed by atoms with Gasteiger partial charge in [0.1, 0.15) is 0 Å². The summed E-state index contributed by atoms with van der Waals surface area (Å²) >= 11 is 0. The summed E-state index contributed by atoms with van der Waals surface area (Å²) < 4.78 is 0. The third-order valence-electron chi connectivity index (χ3n) is 7.57. The van der Waals surface area contributed by atoms with E-state index < -0.39 is 0 Å². The summed E-state index contributed by atoms with van der Waals surface area (Å²) in [6, 6.07) is 15.6. The molecule has 204 valence electrons. The topological polar surface area (TPSA) is 73.0 Å². The van der Waals surface area contributed by atoms with Gasteiger partial charge in [-0.05, 0) is 48.9 Å². The minimum Gasteiger partial charge on any atom is -0.369 e. The van der Waals surface area contributed by atoms with Crippen molar-refractivity contribution in [1.82, 2.24) is 9.80 Å². The van der Waals surface area contributed by atoms with Crippen LogP contribution >= 0.6 is 0 Å². The Morgan fingerprint density at radius 3 is 2.39 bits per heavy atom. The van der Waals surface area contributed by atoms with Crippen LogP contribution < -0.4 is 10.2 Å². The zero-order valence-electron chi connectivity index (χ0n) is 23.1. The molecule has 4 rings (SSSR count). The van der Waals surface area contributed by atoms with Gasteiger partial charge in [0.05, 0.1) is 5.56 Å². The van der Waals surface area contributed by atoms with Crippen LogP contribution in [0.3, 0.4) is 0 Å². The maximum absolute atomic E-state index is 13.8. The highest BCUT2D eigenvalue weighted by molar-refractivity contribution is 6.02. The van der Waals surface area contributed by atoms with Gasteiger partial charge in [0.2, 0.25) is 11.8 Å². The molecule has 1 aliphatic carbocycles. The van der Waals surface area contributed by atoms with E-state index in [9.17, 15) is 14.4 Å². The summed E-state index contributed by atoms with van der Waals surface area (Å²) in [5.74, 6) is 0.580. The number of nitrogens with one attached hydrogen (secondary N) is 1. The molecule has 0 atom stereocenters. The van der Waals surface area contributed by atoms with Gasteiger partial charge in [0.25, 0.3) is 5.91 Å². The molecule has 2 aliphatic rings. The Balaban J connectivity index is 1.55. The fourth-order valence-corrected chi connectivity index (χ4v) is 5.59. The van der Waals surface area contributed by atoms with Crippen molar-refractivity contribution in [1.29, 1.82) is 0 Å². The Hall–Kier alpha value is -3.35. The summed E-state index contributed by atoms with van der Waals surface area (Å²) in [6.45, 7) is 7.39. The average molecular weight is 519 g/mol. The molecule has 1 heterocycles. The molecule has 38 heavy (non-hydrogen) atoms. The molecule has 2 aromatic carbocycles. The summed E-state index contributed by atoms with van der Waals surface area (Å²) in [7, 11) is 1.81. The van der Waals surface area contributed by atoms with E-state index in [-0.39, 0.29) is 23.7 Å². The van der Waals surface area contributed by atoms with Crippen LogP contribution in [0.1, 0.15) is 68.3 Å². The first kappa shape index (κ1) is 27.7. The zero-order valence-corrected chi connectivity index (χ0v) is 23.1. The molecule has 0 bridgehead atoms. The van der Waals surface area contributed by atoms with Gasteiger partial charge in [-0.25, -0.2) is 0 Å². The molecule has 7 heteroatoms. The van der Waals surface area contributed by atoms with Crippen LogP contribution in [0.25, 0.3) is 0 Å². The first-order chi connectivity index (χ1) is 18.3. The quantitative estimate of drug-likeness (QED) is 0.523. The number of amides is 3. The van der Waals surface area contributed by atoms with Crippen molar-refractivity contribution in [3.8, 4) is 0 Å². The second-order valence-electron chi connectivity index (χ2n) is 11.2. The van der Waals surface area contributed by atoms with Gasteiger partial charge in [-0.3, -0.25) is 14.4 Å². The Kier molecular flexibility index (Phi) is 9.43. The van der Waals surface area contributed by atoms with E-state index in [0.717, 1.165) is 56.4 Å². The molecule has 3 amide bonds. The number of benzene rings is 2. The molecule has 1 N–H and O–H groups in total. The van der Waals surface area contributed by atoms with Crippen molar-refractivity contribution in [2.45, 2.75) is 58.9 Å². The molecule has 0 spiro atoms. The maximum atomic E-state index is 13.8. The molecule has 1 saturated heterocycles. The van der Waals surface area contributed by atoms with Crippen molar-refractivity contribution in [3.05, 3.63) is 59.7 Å². The Bertz CT molecular complexity index is 1110. The second-order valence-corrected chi connectivity index (χ2v) is 11.2. The first-order valence-electron chi connectivity index (χ1n) is 14.1. The van der Waals surface area contributed by atoms with Crippen molar-refractivity contribution in [2.75, 3.05) is 43.4 Å². The highest BCUT2D eigenvalue weighted by Gasteiger charge is 2.29. The molecule has 7 nitrogen and oxygen atoms in total. The lowest BCUT2D eigenvalue weighted by Gasteiger charge is -2.28. The number of carbonyl (C=O) groups excluding carboxylic acids is 3. The Labute approximate surface area is 227 Å². The fourth-order valence-electron chi connectivity index (χ4n) is 5.59. The first-order valence-corrected chi connectivity index (χ1v) is 14.1. The van der Waals surface area contributed by atoms with Crippen molar-refractivity contribution in [3.63, 3.8) is 0 Å². The number of anilines is 2. The van der Waals surface area contributed by atoms with Gasteiger partial charge in [-0.2, -0.15) is 0 Å². The van der Waals surface area contributed by atoms with Crippen LogP contribution in [0.15, 0.2) is 48.5 Å². The molecular weight excluding hydrogens is 476 g/mol. The number of rotatable bonds is 8. The Morgan fingerprint density at radius 2 is 1.68 bits per heavy atom. The summed E-state index contributed by atoms with van der Waals surface area (Å²) in [5, 5.41) is 2.97. The van der Waals surface area contributed by atoms with Gasteiger partial charge in [-0.1, -0.05) is 57.0 Å². The van der Waals surface area contributed by atoms with Gasteiger partial charge < -0.3 is 20.0 Å². The lowest BCUT2D eigenvalue weighted by atomic mass is 10.1. The van der Waals surface area contributed by atoms with Crippen molar-refractivity contribution >= 4 is 29.1 Å². The van der Waals surface area contributed by atoms with E-state index in [1.807, 2.05) is 74.3 Å². The highest BCUT2D eigenvalue weighted by atomic mass is 16.2. The van der Waals surface area contributed by atoms with Crippen molar-refractivity contribution in [2.24, 2.45) is 11.8 Å². The smallest absolute Gasteiger partial charge is 0.256 e. The standard InChI is InChI=1S/C31H42N4O3/c1-23(2)20-29(36)32-26-14-15-28(27(21-26)31(38)33(3)22-24-10-5-4-6-11-24)34-16-9-17-35(19-18-34)30(37)25-12-7-8-13-25/h4-6,10-11,14-15,21,23,25H,7-9,12-13,16-20,22H2,1-3H3,(H,32,36). The number of hydrogen-bond acceptors (Lipinski definition) is 4. The van der Waals surface area contributed by atoms with Gasteiger partial charge in [0, 0.05) is 63.5 Å². The van der Waals surface area contributed by atoms with Crippen LogP contribution in [0.4, 0.5) is 11.4 Å². The number of hydrogen-bond donors (Lipinski definition) is 1. The summed E-state index contributed by atoms with van der Waals surface area (Å²) in [4.78, 5) is 45.3. The summed E-state index contributed by atoms with van der Waals surface area (Å²) in [5.41, 5.74) is 3.11. The van der Waals surface area contributed by atoms with Gasteiger partial charge in [-0.15, -0.1) is 0 Å². The van der Waals surface area contributed by atoms with Gasteiger partial charge in [0.15, 0.2) is 0 Å². The molecule has 0 aromatic heterocycles. The largest absolute Gasteiger partial charge is 0.369 e. The normalized spacial score (nSPS) is 16.4. The minimum absolute atomic E-state index is 0.0559. The van der Waals surface area contributed by atoms with E-state index in [0.29, 0.717) is 43.2 Å². The summed E-state index contributed by atoms with van der Waals surface area (Å²) in [6.07, 6.45) is 5.61. The molecule has 2 fully saturated rings. The monoisotopic (exact) mass is 518 g/mol. The SMILES string of the molecule is CC(C)CC(=O)Nc1ccc(N2CCCN(C(=O)C3CCCC3)CC2)c(C(=O)N(C)Cc2ccccc2)c1. The van der Waals surface area contributed by atoms with Gasteiger partial charge >= 0.3 is 0 Å². The maximum Gasteiger partial charge on any atom is 0.256 e.